The third kappa shape index (κ3) is 1.85. The molecule has 0 unspecified atom stereocenters. The Morgan fingerprint density at radius 2 is 2.58 bits per heavy atom. The van der Waals surface area contributed by atoms with Crippen LogP contribution in [0.4, 0.5) is 0 Å². The molecule has 0 aromatic carbocycles. The van der Waals surface area contributed by atoms with Gasteiger partial charge in [0.15, 0.2) is 12.1 Å². The van der Waals surface area contributed by atoms with Crippen LogP contribution in [-0.4, -0.2) is 36.5 Å². The van der Waals surface area contributed by atoms with Crippen LogP contribution in [0.3, 0.4) is 0 Å². The highest BCUT2D eigenvalue weighted by molar-refractivity contribution is 6.27. The smallest absolute Gasteiger partial charge is 0.195 e. The molecule has 0 aliphatic carbocycles. The van der Waals surface area contributed by atoms with Gasteiger partial charge in [0, 0.05) is 25.3 Å². The average molecular weight is 164 g/mol. The van der Waals surface area contributed by atoms with E-state index in [1.165, 1.54) is 0 Å². The monoisotopic (exact) mass is 164 g/mol. The molecule has 1 heterocycles. The van der Waals surface area contributed by atoms with Crippen molar-refractivity contribution >= 4 is 25.1 Å². The fourth-order valence-corrected chi connectivity index (χ4v) is 0.767. The summed E-state index contributed by atoms with van der Waals surface area (Å²) < 4.78 is 0. The van der Waals surface area contributed by atoms with Crippen molar-refractivity contribution in [3.8, 4) is 0 Å². The summed E-state index contributed by atoms with van der Waals surface area (Å²) in [5.41, 5.74) is 0. The Labute approximate surface area is 69.8 Å². The van der Waals surface area contributed by atoms with Crippen molar-refractivity contribution in [2.45, 2.75) is 0 Å². The van der Waals surface area contributed by atoms with E-state index in [1.807, 2.05) is 0 Å². The van der Waals surface area contributed by atoms with Gasteiger partial charge in [-0.2, -0.15) is 5.10 Å². The van der Waals surface area contributed by atoms with Crippen LogP contribution in [0.1, 0.15) is 0 Å². The normalized spacial score (nSPS) is 16.3. The summed E-state index contributed by atoms with van der Waals surface area (Å²) >= 11 is 0. The first kappa shape index (κ1) is 8.32. The summed E-state index contributed by atoms with van der Waals surface area (Å²) in [4.78, 5) is 15.9. The molecule has 0 N–H and O–H groups in total. The lowest BCUT2D eigenvalue weighted by atomic mass is 10.4. The van der Waals surface area contributed by atoms with Crippen LogP contribution in [0.2, 0.25) is 0 Å². The standard InChI is InChI=1S/C7H8N4O/c1-8-10-7(6-12)11-4-2-9-3-5-11/h2-4,6H,1,5H2/b10-7-. The number of aliphatic imine (C=N–C) groups is 1. The van der Waals surface area contributed by atoms with E-state index < -0.39 is 0 Å². The fourth-order valence-electron chi connectivity index (χ4n) is 0.767. The largest absolute Gasteiger partial charge is 0.322 e. The minimum Gasteiger partial charge on any atom is -0.322 e. The zero-order chi connectivity index (χ0) is 8.81. The van der Waals surface area contributed by atoms with Gasteiger partial charge in [0.25, 0.3) is 0 Å². The van der Waals surface area contributed by atoms with Crippen molar-refractivity contribution in [1.82, 2.24) is 4.90 Å². The van der Waals surface area contributed by atoms with Gasteiger partial charge in [-0.15, -0.1) is 5.10 Å². The van der Waals surface area contributed by atoms with Crippen molar-refractivity contribution in [2.75, 3.05) is 6.54 Å². The van der Waals surface area contributed by atoms with Gasteiger partial charge in [0.2, 0.25) is 0 Å². The molecule has 0 saturated heterocycles. The van der Waals surface area contributed by atoms with Gasteiger partial charge in [-0.25, -0.2) is 0 Å². The van der Waals surface area contributed by atoms with Gasteiger partial charge in [0.05, 0.1) is 6.54 Å². The Hall–Kier alpha value is -1.78. The molecule has 0 bridgehead atoms. The molecule has 62 valence electrons. The number of carbonyl (C=O) groups excluding carboxylic acids is 1. The van der Waals surface area contributed by atoms with E-state index in [9.17, 15) is 4.79 Å². The van der Waals surface area contributed by atoms with Gasteiger partial charge in [-0.1, -0.05) is 0 Å². The van der Waals surface area contributed by atoms with Crippen LogP contribution in [0, 0.1) is 0 Å². The molecule has 0 fully saturated rings. The van der Waals surface area contributed by atoms with E-state index in [0.717, 1.165) is 0 Å². The molecule has 5 nitrogen and oxygen atoms in total. The van der Waals surface area contributed by atoms with Crippen molar-refractivity contribution in [1.29, 1.82) is 0 Å². The molecule has 12 heavy (non-hydrogen) atoms. The Bertz CT molecular complexity index is 267. The zero-order valence-corrected chi connectivity index (χ0v) is 6.42. The molecule has 0 aromatic rings. The first-order valence-corrected chi connectivity index (χ1v) is 3.32. The second-order valence-corrected chi connectivity index (χ2v) is 2.00. The Morgan fingerprint density at radius 3 is 3.08 bits per heavy atom. The van der Waals surface area contributed by atoms with E-state index in [0.29, 0.717) is 12.8 Å². The molecule has 0 aromatic heterocycles. The fraction of sp³-hybridized carbons (Fsp3) is 0.143. The number of hydrogen-bond acceptors (Lipinski definition) is 4. The Morgan fingerprint density at radius 1 is 1.75 bits per heavy atom. The van der Waals surface area contributed by atoms with Crippen molar-refractivity contribution < 1.29 is 4.79 Å². The van der Waals surface area contributed by atoms with Crippen molar-refractivity contribution in [2.24, 2.45) is 15.2 Å². The van der Waals surface area contributed by atoms with Gasteiger partial charge >= 0.3 is 0 Å². The van der Waals surface area contributed by atoms with Crippen LogP contribution in [0.15, 0.2) is 27.6 Å². The SMILES string of the molecule is C=N/N=C(/C=O)N1C=CN=CC1. The highest BCUT2D eigenvalue weighted by atomic mass is 16.1. The lowest BCUT2D eigenvalue weighted by Crippen LogP contribution is -2.29. The van der Waals surface area contributed by atoms with E-state index in [2.05, 4.69) is 21.9 Å². The molecule has 5 heteroatoms. The average Bonchev–Trinajstić information content (AvgIpc) is 2.15. The molecule has 0 radical (unpaired) electrons. The third-order valence-electron chi connectivity index (χ3n) is 1.29. The lowest BCUT2D eigenvalue weighted by Gasteiger charge is -2.16. The van der Waals surface area contributed by atoms with Crippen LogP contribution in [-0.2, 0) is 4.79 Å². The predicted molar refractivity (Wildman–Crippen MR) is 47.4 cm³/mol. The molecule has 0 atom stereocenters. The summed E-state index contributed by atoms with van der Waals surface area (Å²) in [5, 5.41) is 6.81. The number of aldehydes is 1. The van der Waals surface area contributed by atoms with E-state index in [-0.39, 0.29) is 5.84 Å². The maximum absolute atomic E-state index is 10.5. The van der Waals surface area contributed by atoms with Gasteiger partial charge < -0.3 is 4.90 Å². The molecule has 1 aliphatic rings. The first-order valence-electron chi connectivity index (χ1n) is 3.32. The summed E-state index contributed by atoms with van der Waals surface area (Å²) in [7, 11) is 0. The van der Waals surface area contributed by atoms with Crippen molar-refractivity contribution in [3.05, 3.63) is 12.4 Å². The van der Waals surface area contributed by atoms with E-state index in [4.69, 9.17) is 0 Å². The maximum Gasteiger partial charge on any atom is 0.195 e. The molecule has 0 saturated carbocycles. The number of nitrogens with zero attached hydrogens (tertiary/aromatic N) is 4. The number of carbonyl (C=O) groups is 1. The summed E-state index contributed by atoms with van der Waals surface area (Å²) in [5.74, 6) is 0.229. The maximum atomic E-state index is 10.5. The first-order chi connectivity index (χ1) is 5.88. The molecule has 1 rings (SSSR count). The van der Waals surface area contributed by atoms with Gasteiger partial charge in [-0.05, 0) is 0 Å². The Balaban J connectivity index is 2.73. The second-order valence-electron chi connectivity index (χ2n) is 2.00. The molecular weight excluding hydrogens is 156 g/mol. The van der Waals surface area contributed by atoms with Gasteiger partial charge in [0.1, 0.15) is 0 Å². The number of hydrogen-bond donors (Lipinski definition) is 0. The van der Waals surface area contributed by atoms with E-state index >= 15 is 0 Å². The highest BCUT2D eigenvalue weighted by Gasteiger charge is 2.07. The van der Waals surface area contributed by atoms with Crippen LogP contribution >= 0.6 is 0 Å². The number of amidine groups is 1. The molecule has 0 spiro atoms. The van der Waals surface area contributed by atoms with Gasteiger partial charge in [-0.3, -0.25) is 9.79 Å². The minimum absolute atomic E-state index is 0.229. The quantitative estimate of drug-likeness (QED) is 0.251. The van der Waals surface area contributed by atoms with Crippen LogP contribution < -0.4 is 0 Å². The third-order valence-corrected chi connectivity index (χ3v) is 1.29. The minimum atomic E-state index is 0.229. The predicted octanol–water partition coefficient (Wildman–Crippen LogP) is 0.0570. The van der Waals surface area contributed by atoms with Crippen LogP contribution in [0.5, 0.6) is 0 Å². The summed E-state index contributed by atoms with van der Waals surface area (Å²) in [6, 6.07) is 0. The summed E-state index contributed by atoms with van der Waals surface area (Å²) in [6.07, 6.45) is 5.52. The molecule has 1 aliphatic heterocycles. The number of rotatable bonds is 2. The van der Waals surface area contributed by atoms with Crippen molar-refractivity contribution in [3.63, 3.8) is 0 Å². The van der Waals surface area contributed by atoms with E-state index in [1.54, 1.807) is 23.5 Å². The second kappa shape index (κ2) is 4.17. The molecular formula is C7H8N4O. The Kier molecular flexibility index (Phi) is 2.89. The lowest BCUT2D eigenvalue weighted by molar-refractivity contribution is -0.103. The van der Waals surface area contributed by atoms with Crippen LogP contribution in [0.25, 0.3) is 0 Å². The molecule has 0 amide bonds. The summed E-state index contributed by atoms with van der Waals surface area (Å²) in [6.45, 7) is 3.69. The topological polar surface area (TPSA) is 57.4 Å². The highest BCUT2D eigenvalue weighted by Crippen LogP contribution is 1.96. The zero-order valence-electron chi connectivity index (χ0n) is 6.42.